The predicted octanol–water partition coefficient (Wildman–Crippen LogP) is 3.83. The summed E-state index contributed by atoms with van der Waals surface area (Å²) in [6, 6.07) is 9.88. The standard InChI is InChI=1S/C16H25BrN2/c1-4-12(2)16-11-19(10-9-18-16)13(3)14-5-7-15(17)8-6-14/h5-8,12-13,16,18H,4,9-11H2,1-3H3. The maximum atomic E-state index is 3.67. The Bertz CT molecular complexity index is 390. The molecule has 106 valence electrons. The fourth-order valence-electron chi connectivity index (χ4n) is 2.77. The van der Waals surface area contributed by atoms with Crippen molar-refractivity contribution in [2.24, 2.45) is 5.92 Å². The van der Waals surface area contributed by atoms with Gasteiger partial charge in [-0.05, 0) is 30.5 Å². The zero-order valence-electron chi connectivity index (χ0n) is 12.2. The summed E-state index contributed by atoms with van der Waals surface area (Å²) in [5, 5.41) is 3.67. The van der Waals surface area contributed by atoms with Crippen LogP contribution in [0.15, 0.2) is 28.7 Å². The Kier molecular flexibility index (Phi) is 5.43. The van der Waals surface area contributed by atoms with E-state index in [0.717, 1.165) is 30.0 Å². The van der Waals surface area contributed by atoms with Crippen molar-refractivity contribution in [2.45, 2.75) is 39.3 Å². The van der Waals surface area contributed by atoms with Gasteiger partial charge in [-0.25, -0.2) is 0 Å². The summed E-state index contributed by atoms with van der Waals surface area (Å²) in [6.07, 6.45) is 1.25. The van der Waals surface area contributed by atoms with Crippen LogP contribution in [-0.2, 0) is 0 Å². The number of hydrogen-bond donors (Lipinski definition) is 1. The van der Waals surface area contributed by atoms with Crippen LogP contribution in [0.4, 0.5) is 0 Å². The van der Waals surface area contributed by atoms with Crippen molar-refractivity contribution < 1.29 is 0 Å². The highest BCUT2D eigenvalue weighted by molar-refractivity contribution is 9.10. The molecule has 0 spiro atoms. The number of nitrogens with one attached hydrogen (secondary N) is 1. The summed E-state index contributed by atoms with van der Waals surface area (Å²) in [5.74, 6) is 0.750. The first-order chi connectivity index (χ1) is 9.11. The normalized spacial score (nSPS) is 24.1. The first-order valence-corrected chi connectivity index (χ1v) is 8.14. The van der Waals surface area contributed by atoms with Crippen LogP contribution in [0.1, 0.15) is 38.8 Å². The molecule has 0 amide bonds. The second-order valence-corrected chi connectivity index (χ2v) is 6.58. The number of halogens is 1. The summed E-state index contributed by atoms with van der Waals surface area (Å²) >= 11 is 3.50. The summed E-state index contributed by atoms with van der Waals surface area (Å²) in [7, 11) is 0. The monoisotopic (exact) mass is 324 g/mol. The van der Waals surface area contributed by atoms with Gasteiger partial charge < -0.3 is 5.32 Å². The molecule has 3 unspecified atom stereocenters. The topological polar surface area (TPSA) is 15.3 Å². The van der Waals surface area contributed by atoms with Gasteiger partial charge in [-0.15, -0.1) is 0 Å². The third-order valence-corrected chi connectivity index (χ3v) is 5.00. The quantitative estimate of drug-likeness (QED) is 0.905. The molecular formula is C16H25BrN2. The van der Waals surface area contributed by atoms with Crippen LogP contribution in [0.25, 0.3) is 0 Å². The number of hydrogen-bond acceptors (Lipinski definition) is 2. The first kappa shape index (κ1) is 15.0. The summed E-state index contributed by atoms with van der Waals surface area (Å²) in [6.45, 7) is 10.4. The van der Waals surface area contributed by atoms with Crippen LogP contribution in [0.2, 0.25) is 0 Å². The van der Waals surface area contributed by atoms with Crippen LogP contribution in [0.3, 0.4) is 0 Å². The minimum Gasteiger partial charge on any atom is -0.311 e. The molecule has 1 aromatic carbocycles. The van der Waals surface area contributed by atoms with E-state index in [-0.39, 0.29) is 0 Å². The van der Waals surface area contributed by atoms with Crippen molar-refractivity contribution in [3.05, 3.63) is 34.3 Å². The molecule has 1 aliphatic heterocycles. The molecule has 1 heterocycles. The Morgan fingerprint density at radius 3 is 2.63 bits per heavy atom. The largest absolute Gasteiger partial charge is 0.311 e. The second kappa shape index (κ2) is 6.87. The Morgan fingerprint density at radius 2 is 2.00 bits per heavy atom. The minimum absolute atomic E-state index is 0.502. The van der Waals surface area contributed by atoms with E-state index in [9.17, 15) is 0 Å². The fraction of sp³-hybridized carbons (Fsp3) is 0.625. The average molecular weight is 325 g/mol. The van der Waals surface area contributed by atoms with E-state index >= 15 is 0 Å². The van der Waals surface area contributed by atoms with Crippen molar-refractivity contribution >= 4 is 15.9 Å². The van der Waals surface area contributed by atoms with Crippen LogP contribution in [-0.4, -0.2) is 30.6 Å². The van der Waals surface area contributed by atoms with Crippen LogP contribution in [0, 0.1) is 5.92 Å². The van der Waals surface area contributed by atoms with Gasteiger partial charge in [-0.2, -0.15) is 0 Å². The van der Waals surface area contributed by atoms with E-state index in [0.29, 0.717) is 12.1 Å². The first-order valence-electron chi connectivity index (χ1n) is 7.34. The van der Waals surface area contributed by atoms with Gasteiger partial charge in [0, 0.05) is 36.2 Å². The molecule has 1 saturated heterocycles. The molecular weight excluding hydrogens is 300 g/mol. The van der Waals surface area contributed by atoms with Crippen LogP contribution >= 0.6 is 15.9 Å². The minimum atomic E-state index is 0.502. The lowest BCUT2D eigenvalue weighted by atomic mass is 9.95. The fourth-order valence-corrected chi connectivity index (χ4v) is 3.04. The molecule has 3 atom stereocenters. The maximum Gasteiger partial charge on any atom is 0.0321 e. The van der Waals surface area contributed by atoms with Gasteiger partial charge in [0.15, 0.2) is 0 Å². The van der Waals surface area contributed by atoms with E-state index in [1.54, 1.807) is 0 Å². The van der Waals surface area contributed by atoms with Crippen molar-refractivity contribution in [2.75, 3.05) is 19.6 Å². The lowest BCUT2D eigenvalue weighted by Crippen LogP contribution is -2.53. The van der Waals surface area contributed by atoms with Gasteiger partial charge in [0.05, 0.1) is 0 Å². The second-order valence-electron chi connectivity index (χ2n) is 5.67. The van der Waals surface area contributed by atoms with E-state index in [4.69, 9.17) is 0 Å². The number of nitrogens with zero attached hydrogens (tertiary/aromatic N) is 1. The third-order valence-electron chi connectivity index (χ3n) is 4.47. The van der Waals surface area contributed by atoms with Crippen LogP contribution in [0.5, 0.6) is 0 Å². The number of benzene rings is 1. The Labute approximate surface area is 125 Å². The van der Waals surface area contributed by atoms with Gasteiger partial charge in [0.1, 0.15) is 0 Å². The number of piperazine rings is 1. The van der Waals surface area contributed by atoms with E-state index in [1.165, 1.54) is 12.0 Å². The third kappa shape index (κ3) is 3.80. The molecule has 1 aliphatic rings. The van der Waals surface area contributed by atoms with E-state index in [2.05, 4.69) is 71.2 Å². The van der Waals surface area contributed by atoms with Crippen molar-refractivity contribution in [1.29, 1.82) is 0 Å². The highest BCUT2D eigenvalue weighted by Gasteiger charge is 2.26. The summed E-state index contributed by atoms with van der Waals surface area (Å²) < 4.78 is 1.15. The highest BCUT2D eigenvalue weighted by atomic mass is 79.9. The molecule has 0 radical (unpaired) electrons. The molecule has 0 saturated carbocycles. The van der Waals surface area contributed by atoms with Crippen molar-refractivity contribution in [3.63, 3.8) is 0 Å². The summed E-state index contributed by atoms with van der Waals surface area (Å²) in [4.78, 5) is 2.61. The SMILES string of the molecule is CCC(C)C1CN(C(C)c2ccc(Br)cc2)CCN1. The maximum absolute atomic E-state index is 3.67. The van der Waals surface area contributed by atoms with Crippen molar-refractivity contribution in [1.82, 2.24) is 10.2 Å². The van der Waals surface area contributed by atoms with Gasteiger partial charge in [0.25, 0.3) is 0 Å². The molecule has 1 fully saturated rings. The molecule has 0 aromatic heterocycles. The summed E-state index contributed by atoms with van der Waals surface area (Å²) in [5.41, 5.74) is 1.41. The average Bonchev–Trinajstić information content (AvgIpc) is 2.46. The molecule has 2 rings (SSSR count). The van der Waals surface area contributed by atoms with Crippen LogP contribution < -0.4 is 5.32 Å². The Balaban J connectivity index is 2.02. The molecule has 0 bridgehead atoms. The molecule has 19 heavy (non-hydrogen) atoms. The predicted molar refractivity (Wildman–Crippen MR) is 85.4 cm³/mol. The van der Waals surface area contributed by atoms with Gasteiger partial charge >= 0.3 is 0 Å². The highest BCUT2D eigenvalue weighted by Crippen LogP contribution is 2.24. The van der Waals surface area contributed by atoms with E-state index in [1.807, 2.05) is 0 Å². The van der Waals surface area contributed by atoms with Gasteiger partial charge in [0.2, 0.25) is 0 Å². The molecule has 3 heteroatoms. The van der Waals surface area contributed by atoms with Crippen molar-refractivity contribution in [3.8, 4) is 0 Å². The number of rotatable bonds is 4. The molecule has 2 nitrogen and oxygen atoms in total. The molecule has 0 aliphatic carbocycles. The zero-order valence-corrected chi connectivity index (χ0v) is 13.8. The smallest absolute Gasteiger partial charge is 0.0321 e. The molecule has 1 N–H and O–H groups in total. The lowest BCUT2D eigenvalue weighted by Gasteiger charge is -2.40. The Hall–Kier alpha value is -0.380. The Morgan fingerprint density at radius 1 is 1.32 bits per heavy atom. The van der Waals surface area contributed by atoms with Gasteiger partial charge in [-0.3, -0.25) is 4.90 Å². The zero-order chi connectivity index (χ0) is 13.8. The van der Waals surface area contributed by atoms with E-state index < -0.39 is 0 Å². The van der Waals surface area contributed by atoms with Gasteiger partial charge in [-0.1, -0.05) is 48.3 Å². The molecule has 1 aromatic rings. The lowest BCUT2D eigenvalue weighted by molar-refractivity contribution is 0.130.